The van der Waals surface area contributed by atoms with Crippen molar-refractivity contribution in [2.75, 3.05) is 18.1 Å². The van der Waals surface area contributed by atoms with Crippen molar-refractivity contribution in [1.82, 2.24) is 4.98 Å². The first kappa shape index (κ1) is 14.9. The summed E-state index contributed by atoms with van der Waals surface area (Å²) in [6.45, 7) is 6.75. The normalized spacial score (nSPS) is 12.8. The number of hydrogen-bond donors (Lipinski definition) is 2. The summed E-state index contributed by atoms with van der Waals surface area (Å²) < 4.78 is 0. The van der Waals surface area contributed by atoms with Crippen LogP contribution in [0, 0.1) is 0 Å². The van der Waals surface area contributed by atoms with E-state index in [9.17, 15) is 10.2 Å². The maximum Gasteiger partial charge on any atom is 0.0931 e. The van der Waals surface area contributed by atoms with Gasteiger partial charge >= 0.3 is 0 Å². The lowest BCUT2D eigenvalue weighted by Crippen LogP contribution is -2.36. The first-order valence-electron chi connectivity index (χ1n) is 6.65. The molecule has 4 heteroatoms. The summed E-state index contributed by atoms with van der Waals surface area (Å²) in [6, 6.07) is 4.21. The molecule has 0 fully saturated rings. The van der Waals surface area contributed by atoms with Gasteiger partial charge in [0.1, 0.15) is 0 Å². The maximum absolute atomic E-state index is 9.44. The van der Waals surface area contributed by atoms with Crippen LogP contribution in [0.25, 0.3) is 0 Å². The van der Waals surface area contributed by atoms with Gasteiger partial charge in [0.2, 0.25) is 0 Å². The molecule has 1 aromatic heterocycles. The molecule has 2 N–H and O–H groups in total. The Morgan fingerprint density at radius 3 is 2.33 bits per heavy atom. The minimum Gasteiger partial charge on any atom is -0.395 e. The largest absolute Gasteiger partial charge is 0.395 e. The highest BCUT2D eigenvalue weighted by Crippen LogP contribution is 2.21. The molecule has 0 spiro atoms. The predicted octanol–water partition coefficient (Wildman–Crippen LogP) is 2.12. The fourth-order valence-electron chi connectivity index (χ4n) is 2.17. The summed E-state index contributed by atoms with van der Waals surface area (Å²) in [6.07, 6.45) is 3.30. The number of aliphatic hydroxyl groups excluding tert-OH is 2. The van der Waals surface area contributed by atoms with E-state index in [1.54, 1.807) is 13.1 Å². The van der Waals surface area contributed by atoms with Crippen LogP contribution in [0.2, 0.25) is 0 Å². The van der Waals surface area contributed by atoms with E-state index in [4.69, 9.17) is 0 Å². The Morgan fingerprint density at radius 1 is 1.28 bits per heavy atom. The fourth-order valence-corrected chi connectivity index (χ4v) is 2.17. The molecule has 1 atom stereocenters. The van der Waals surface area contributed by atoms with Crippen LogP contribution < -0.4 is 4.90 Å². The monoisotopic (exact) mass is 252 g/mol. The van der Waals surface area contributed by atoms with Crippen LogP contribution >= 0.6 is 0 Å². The van der Waals surface area contributed by atoms with Gasteiger partial charge in [0.15, 0.2) is 0 Å². The van der Waals surface area contributed by atoms with E-state index in [0.29, 0.717) is 18.3 Å². The smallest absolute Gasteiger partial charge is 0.0931 e. The molecule has 1 heterocycles. The summed E-state index contributed by atoms with van der Waals surface area (Å²) in [5.41, 5.74) is 1.68. The number of aromatic nitrogens is 1. The summed E-state index contributed by atoms with van der Waals surface area (Å²) >= 11 is 0. The Bertz CT molecular complexity index is 334. The first-order valence-corrected chi connectivity index (χ1v) is 6.65. The van der Waals surface area contributed by atoms with Crippen molar-refractivity contribution < 1.29 is 10.2 Å². The molecular formula is C14H24N2O2. The van der Waals surface area contributed by atoms with Crippen molar-refractivity contribution in [2.45, 2.75) is 45.8 Å². The van der Waals surface area contributed by atoms with Gasteiger partial charge in [-0.15, -0.1) is 0 Å². The van der Waals surface area contributed by atoms with Crippen molar-refractivity contribution in [3.05, 3.63) is 24.0 Å². The van der Waals surface area contributed by atoms with Crippen LogP contribution in [0.3, 0.4) is 0 Å². The van der Waals surface area contributed by atoms with Crippen molar-refractivity contribution in [3.8, 4) is 0 Å². The SMILES string of the molecule is CCC(CC)N(CCO)c1ccc(C(C)O)nc1. The molecule has 4 nitrogen and oxygen atoms in total. The van der Waals surface area contributed by atoms with Crippen LogP contribution in [0.4, 0.5) is 5.69 Å². The molecule has 1 unspecified atom stereocenters. The highest BCUT2D eigenvalue weighted by Gasteiger charge is 2.15. The van der Waals surface area contributed by atoms with E-state index < -0.39 is 6.10 Å². The topological polar surface area (TPSA) is 56.6 Å². The average molecular weight is 252 g/mol. The van der Waals surface area contributed by atoms with Gasteiger partial charge in [0.05, 0.1) is 30.3 Å². The Balaban J connectivity index is 2.91. The van der Waals surface area contributed by atoms with E-state index >= 15 is 0 Å². The molecule has 0 saturated heterocycles. The number of nitrogens with zero attached hydrogens (tertiary/aromatic N) is 2. The molecule has 0 aromatic carbocycles. The highest BCUT2D eigenvalue weighted by atomic mass is 16.3. The van der Waals surface area contributed by atoms with Gasteiger partial charge in [-0.25, -0.2) is 0 Å². The van der Waals surface area contributed by atoms with Crippen molar-refractivity contribution in [2.24, 2.45) is 0 Å². The summed E-state index contributed by atoms with van der Waals surface area (Å²) in [4.78, 5) is 6.44. The molecule has 0 saturated carbocycles. The molecule has 0 radical (unpaired) electrons. The minimum absolute atomic E-state index is 0.134. The average Bonchev–Trinajstić information content (AvgIpc) is 2.39. The van der Waals surface area contributed by atoms with Crippen LogP contribution in [0.5, 0.6) is 0 Å². The number of aliphatic hydroxyl groups is 2. The molecule has 1 aromatic rings. The lowest BCUT2D eigenvalue weighted by atomic mass is 10.1. The minimum atomic E-state index is -0.543. The van der Waals surface area contributed by atoms with Gasteiger partial charge in [-0.2, -0.15) is 0 Å². The van der Waals surface area contributed by atoms with Crippen LogP contribution in [-0.4, -0.2) is 34.4 Å². The van der Waals surface area contributed by atoms with E-state index in [0.717, 1.165) is 18.5 Å². The molecule has 102 valence electrons. The molecule has 18 heavy (non-hydrogen) atoms. The quantitative estimate of drug-likeness (QED) is 0.780. The number of rotatable bonds is 7. The van der Waals surface area contributed by atoms with E-state index in [-0.39, 0.29) is 6.61 Å². The van der Waals surface area contributed by atoms with Crippen molar-refractivity contribution >= 4 is 5.69 Å². The van der Waals surface area contributed by atoms with Crippen LogP contribution in [0.15, 0.2) is 18.3 Å². The molecule has 0 aliphatic heterocycles. The van der Waals surface area contributed by atoms with Gasteiger partial charge in [0.25, 0.3) is 0 Å². The summed E-state index contributed by atoms with van der Waals surface area (Å²) in [5, 5.41) is 18.6. The molecular weight excluding hydrogens is 228 g/mol. The first-order chi connectivity index (χ1) is 8.63. The maximum atomic E-state index is 9.44. The Hall–Kier alpha value is -1.13. The molecule has 0 aliphatic rings. The third kappa shape index (κ3) is 3.68. The molecule has 0 amide bonds. The highest BCUT2D eigenvalue weighted by molar-refractivity contribution is 5.45. The van der Waals surface area contributed by atoms with Crippen molar-refractivity contribution in [3.63, 3.8) is 0 Å². The lowest BCUT2D eigenvalue weighted by molar-refractivity contribution is 0.194. The van der Waals surface area contributed by atoms with Gasteiger partial charge in [0, 0.05) is 12.6 Å². The zero-order chi connectivity index (χ0) is 13.5. The number of pyridine rings is 1. The predicted molar refractivity (Wildman–Crippen MR) is 73.7 cm³/mol. The second-order valence-corrected chi connectivity index (χ2v) is 4.50. The zero-order valence-electron chi connectivity index (χ0n) is 11.5. The van der Waals surface area contributed by atoms with E-state index in [1.807, 2.05) is 12.1 Å². The summed E-state index contributed by atoms with van der Waals surface area (Å²) in [7, 11) is 0. The van der Waals surface area contributed by atoms with Crippen molar-refractivity contribution in [1.29, 1.82) is 0 Å². The second-order valence-electron chi connectivity index (χ2n) is 4.50. The Morgan fingerprint density at radius 2 is 1.94 bits per heavy atom. The van der Waals surface area contributed by atoms with Gasteiger partial charge in [-0.3, -0.25) is 4.98 Å². The van der Waals surface area contributed by atoms with Crippen LogP contribution in [-0.2, 0) is 0 Å². The third-order valence-corrected chi connectivity index (χ3v) is 3.25. The van der Waals surface area contributed by atoms with E-state index in [1.165, 1.54) is 0 Å². The molecule has 1 rings (SSSR count). The number of anilines is 1. The van der Waals surface area contributed by atoms with E-state index in [2.05, 4.69) is 23.7 Å². The third-order valence-electron chi connectivity index (χ3n) is 3.25. The Kier molecular flexibility index (Phi) is 6.09. The second kappa shape index (κ2) is 7.34. The Labute approximate surface area is 109 Å². The molecule has 0 bridgehead atoms. The van der Waals surface area contributed by atoms with Crippen LogP contribution in [0.1, 0.15) is 45.4 Å². The van der Waals surface area contributed by atoms with Gasteiger partial charge < -0.3 is 15.1 Å². The van der Waals surface area contributed by atoms with Gasteiger partial charge in [-0.05, 0) is 31.9 Å². The lowest BCUT2D eigenvalue weighted by Gasteiger charge is -2.32. The van der Waals surface area contributed by atoms with Gasteiger partial charge in [-0.1, -0.05) is 13.8 Å². The number of hydrogen-bond acceptors (Lipinski definition) is 4. The zero-order valence-corrected chi connectivity index (χ0v) is 11.5. The summed E-state index contributed by atoms with van der Waals surface area (Å²) in [5.74, 6) is 0. The standard InChI is InChI=1S/C14H24N2O2/c1-4-12(5-2)16(8-9-17)13-6-7-14(11(3)18)15-10-13/h6-7,10-12,17-18H,4-5,8-9H2,1-3H3. The molecule has 0 aliphatic carbocycles. The fraction of sp³-hybridized carbons (Fsp3) is 0.643.